The van der Waals surface area contributed by atoms with Gasteiger partial charge in [-0.25, -0.2) is 13.1 Å². The molecule has 152 valence electrons. The van der Waals surface area contributed by atoms with Gasteiger partial charge in [0.15, 0.2) is 0 Å². The first-order valence-electron chi connectivity index (χ1n) is 8.93. The molecule has 0 unspecified atom stereocenters. The lowest BCUT2D eigenvalue weighted by molar-refractivity contribution is 0.413. The number of methoxy groups -OCH3 is 1. The van der Waals surface area contributed by atoms with Gasteiger partial charge in [-0.1, -0.05) is 41.9 Å². The first kappa shape index (κ1) is 19.5. The molecule has 0 bridgehead atoms. The lowest BCUT2D eigenvalue weighted by Crippen LogP contribution is -2.28. The molecule has 2 heterocycles. The number of ether oxygens (including phenoxy) is 1. The van der Waals surface area contributed by atoms with Gasteiger partial charge in [0.05, 0.1) is 25.4 Å². The van der Waals surface area contributed by atoms with Crippen LogP contribution in [-0.2, 0) is 10.0 Å². The first-order valence-corrected chi connectivity index (χ1v) is 11.2. The van der Waals surface area contributed by atoms with Gasteiger partial charge in [-0.15, -0.1) is 5.10 Å². The van der Waals surface area contributed by atoms with Crippen molar-refractivity contribution in [3.05, 3.63) is 64.7 Å². The fourth-order valence-corrected chi connectivity index (χ4v) is 4.13. The van der Waals surface area contributed by atoms with Gasteiger partial charge in [-0.3, -0.25) is 4.72 Å². The zero-order valence-corrected chi connectivity index (χ0v) is 17.4. The molecule has 3 aromatic rings. The summed E-state index contributed by atoms with van der Waals surface area (Å²) in [6.45, 7) is 0. The Hall–Kier alpha value is -2.78. The van der Waals surface area contributed by atoms with E-state index in [1.807, 2.05) is 48.5 Å². The van der Waals surface area contributed by atoms with Crippen molar-refractivity contribution in [2.24, 2.45) is 0 Å². The molecule has 4 rings (SSSR count). The third kappa shape index (κ3) is 4.15. The van der Waals surface area contributed by atoms with Crippen LogP contribution in [0.25, 0.3) is 0 Å². The molecule has 8 nitrogen and oxygen atoms in total. The van der Waals surface area contributed by atoms with Crippen molar-refractivity contribution in [1.82, 2.24) is 14.8 Å². The smallest absolute Gasteiger partial charge is 0.257 e. The third-order valence-electron chi connectivity index (χ3n) is 4.75. The largest absolute Gasteiger partial charge is 0.497 e. The minimum Gasteiger partial charge on any atom is -0.497 e. The van der Waals surface area contributed by atoms with Gasteiger partial charge in [-0.2, -0.15) is 4.98 Å². The van der Waals surface area contributed by atoms with E-state index in [0.29, 0.717) is 17.4 Å². The van der Waals surface area contributed by atoms with Gasteiger partial charge in [0.25, 0.3) is 5.95 Å². The molecule has 1 aromatic heterocycles. The highest BCUT2D eigenvalue weighted by Gasteiger charge is 2.32. The highest BCUT2D eigenvalue weighted by atomic mass is 35.5. The molecule has 0 saturated carbocycles. The summed E-state index contributed by atoms with van der Waals surface area (Å²) >= 11 is 6.46. The Kier molecular flexibility index (Phi) is 5.10. The summed E-state index contributed by atoms with van der Waals surface area (Å²) in [4.78, 5) is 4.33. The Labute approximate surface area is 173 Å². The molecule has 0 aliphatic carbocycles. The van der Waals surface area contributed by atoms with Crippen molar-refractivity contribution in [1.29, 1.82) is 0 Å². The molecular formula is C19H20ClN5O3S. The average Bonchev–Trinajstić information content (AvgIpc) is 3.08. The summed E-state index contributed by atoms with van der Waals surface area (Å²) < 4.78 is 32.5. The minimum absolute atomic E-state index is 0.0161. The number of anilines is 2. The predicted molar refractivity (Wildman–Crippen MR) is 112 cm³/mol. The summed E-state index contributed by atoms with van der Waals surface area (Å²) in [6, 6.07) is 15.1. The van der Waals surface area contributed by atoms with Crippen LogP contribution < -0.4 is 14.8 Å². The number of benzene rings is 2. The van der Waals surface area contributed by atoms with E-state index in [-0.39, 0.29) is 18.0 Å². The number of hydrogen-bond donors (Lipinski definition) is 2. The van der Waals surface area contributed by atoms with Crippen LogP contribution >= 0.6 is 11.6 Å². The van der Waals surface area contributed by atoms with Crippen molar-refractivity contribution in [3.63, 3.8) is 0 Å². The van der Waals surface area contributed by atoms with Crippen LogP contribution in [0.2, 0.25) is 5.02 Å². The molecule has 0 spiro atoms. The van der Waals surface area contributed by atoms with E-state index < -0.39 is 10.0 Å². The van der Waals surface area contributed by atoms with Crippen molar-refractivity contribution >= 4 is 33.5 Å². The van der Waals surface area contributed by atoms with E-state index in [0.717, 1.165) is 23.1 Å². The lowest BCUT2D eigenvalue weighted by Gasteiger charge is -2.32. The molecule has 0 radical (unpaired) electrons. The minimum atomic E-state index is -3.50. The van der Waals surface area contributed by atoms with Crippen LogP contribution in [0.1, 0.15) is 29.6 Å². The van der Waals surface area contributed by atoms with Crippen molar-refractivity contribution in [2.75, 3.05) is 23.4 Å². The number of nitrogens with one attached hydrogen (secondary N) is 2. The Bertz CT molecular complexity index is 1130. The maximum Gasteiger partial charge on any atom is 0.257 e. The van der Waals surface area contributed by atoms with Crippen molar-refractivity contribution in [3.8, 4) is 5.75 Å². The number of rotatable bonds is 5. The van der Waals surface area contributed by atoms with Crippen LogP contribution in [0.3, 0.4) is 0 Å². The Balaban J connectivity index is 1.76. The monoisotopic (exact) mass is 433 g/mol. The average molecular weight is 434 g/mol. The molecule has 10 heteroatoms. The summed E-state index contributed by atoms with van der Waals surface area (Å²) in [5.41, 5.74) is 1.95. The second-order valence-electron chi connectivity index (χ2n) is 6.82. The van der Waals surface area contributed by atoms with Crippen molar-refractivity contribution in [2.45, 2.75) is 18.5 Å². The topological polar surface area (TPSA) is 98.1 Å². The Morgan fingerprint density at radius 2 is 1.93 bits per heavy atom. The zero-order valence-electron chi connectivity index (χ0n) is 15.8. The number of aromatic nitrogens is 3. The molecule has 1 aliphatic rings. The van der Waals surface area contributed by atoms with Gasteiger partial charge in [0, 0.05) is 5.02 Å². The molecule has 2 aromatic carbocycles. The number of halogens is 1. The van der Waals surface area contributed by atoms with E-state index in [1.54, 1.807) is 11.8 Å². The SMILES string of the molecule is COc1ccc([C@H]2C[C@@H](c3ccccc3Cl)n3nc(NS(C)(=O)=O)nc3N2)cc1. The Morgan fingerprint density at radius 1 is 1.21 bits per heavy atom. The third-order valence-corrected chi connectivity index (χ3v) is 5.65. The second kappa shape index (κ2) is 7.57. The maximum atomic E-state index is 11.6. The molecule has 29 heavy (non-hydrogen) atoms. The van der Waals surface area contributed by atoms with Crippen LogP contribution in [-0.4, -0.2) is 36.5 Å². The van der Waals surface area contributed by atoms with Gasteiger partial charge in [0.1, 0.15) is 5.75 Å². The van der Waals surface area contributed by atoms with E-state index in [1.165, 1.54) is 0 Å². The summed E-state index contributed by atoms with van der Waals surface area (Å²) in [7, 11) is -1.87. The first-order chi connectivity index (χ1) is 13.8. The maximum absolute atomic E-state index is 11.6. The van der Waals surface area contributed by atoms with Gasteiger partial charge >= 0.3 is 0 Å². The summed E-state index contributed by atoms with van der Waals surface area (Å²) in [5, 5.41) is 8.33. The quantitative estimate of drug-likeness (QED) is 0.639. The standard InChI is InChI=1S/C19H20ClN5O3S/c1-28-13-9-7-12(8-10-13)16-11-17(14-5-3-4-6-15(14)20)25-19(21-16)22-18(23-25)24-29(2,26)27/h3-10,16-17H,11H2,1-2H3,(H2,21,22,23,24)/t16-,17+/m1/s1. The number of sulfonamides is 1. The van der Waals surface area contributed by atoms with E-state index in [9.17, 15) is 8.42 Å². The normalized spacial score (nSPS) is 18.6. The van der Waals surface area contributed by atoms with Crippen LogP contribution in [0.15, 0.2) is 48.5 Å². The zero-order chi connectivity index (χ0) is 20.6. The fraction of sp³-hybridized carbons (Fsp3) is 0.263. The van der Waals surface area contributed by atoms with Crippen LogP contribution in [0.5, 0.6) is 5.75 Å². The summed E-state index contributed by atoms with van der Waals surface area (Å²) in [5.74, 6) is 1.26. The molecule has 0 saturated heterocycles. The fourth-order valence-electron chi connectivity index (χ4n) is 3.45. The van der Waals surface area contributed by atoms with Crippen LogP contribution in [0.4, 0.5) is 11.9 Å². The molecule has 2 atom stereocenters. The molecule has 1 aliphatic heterocycles. The van der Waals surface area contributed by atoms with Crippen LogP contribution in [0, 0.1) is 0 Å². The van der Waals surface area contributed by atoms with E-state index in [4.69, 9.17) is 16.3 Å². The highest BCUT2D eigenvalue weighted by molar-refractivity contribution is 7.91. The number of hydrogen-bond acceptors (Lipinski definition) is 6. The number of fused-ring (bicyclic) bond motifs is 1. The van der Waals surface area contributed by atoms with E-state index in [2.05, 4.69) is 20.1 Å². The molecule has 2 N–H and O–H groups in total. The number of nitrogens with zero attached hydrogens (tertiary/aromatic N) is 3. The van der Waals surface area contributed by atoms with E-state index >= 15 is 0 Å². The molecule has 0 amide bonds. The highest BCUT2D eigenvalue weighted by Crippen LogP contribution is 2.40. The predicted octanol–water partition coefficient (Wildman–Crippen LogP) is 3.46. The van der Waals surface area contributed by atoms with Gasteiger partial charge in [-0.05, 0) is 35.7 Å². The molecular weight excluding hydrogens is 414 g/mol. The lowest BCUT2D eigenvalue weighted by atomic mass is 9.93. The van der Waals surface area contributed by atoms with Gasteiger partial charge < -0.3 is 10.1 Å². The van der Waals surface area contributed by atoms with Crippen molar-refractivity contribution < 1.29 is 13.2 Å². The second-order valence-corrected chi connectivity index (χ2v) is 8.98. The molecule has 0 fully saturated rings. The van der Waals surface area contributed by atoms with Gasteiger partial charge in [0.2, 0.25) is 16.0 Å². The summed E-state index contributed by atoms with van der Waals surface area (Å²) in [6.07, 6.45) is 1.72. The Morgan fingerprint density at radius 3 is 2.59 bits per heavy atom.